The van der Waals surface area contributed by atoms with E-state index in [-0.39, 0.29) is 28.3 Å². The van der Waals surface area contributed by atoms with E-state index in [1.54, 1.807) is 13.0 Å². The number of benzene rings is 2. The zero-order valence-electron chi connectivity index (χ0n) is 11.1. The van der Waals surface area contributed by atoms with Crippen LogP contribution in [0.5, 0.6) is 11.5 Å². The Labute approximate surface area is 120 Å². The van der Waals surface area contributed by atoms with Crippen molar-refractivity contribution in [2.75, 3.05) is 5.32 Å². The molecule has 0 bridgehead atoms. The van der Waals surface area contributed by atoms with Crippen molar-refractivity contribution in [2.45, 2.75) is 6.92 Å². The fourth-order valence-corrected chi connectivity index (χ4v) is 1.79. The van der Waals surface area contributed by atoms with Crippen molar-refractivity contribution < 1.29 is 24.9 Å². The third-order valence-corrected chi connectivity index (χ3v) is 2.89. The molecule has 0 saturated carbocycles. The van der Waals surface area contributed by atoms with E-state index in [9.17, 15) is 19.8 Å². The van der Waals surface area contributed by atoms with Crippen molar-refractivity contribution in [3.63, 3.8) is 0 Å². The SMILES string of the molecule is Cc1ccc(O)c(C(=O)Nc2ccc(C(=O)O)cc2O)c1. The third kappa shape index (κ3) is 3.11. The fourth-order valence-electron chi connectivity index (χ4n) is 1.79. The Balaban J connectivity index is 2.27. The van der Waals surface area contributed by atoms with E-state index in [4.69, 9.17) is 5.11 Å². The van der Waals surface area contributed by atoms with Crippen LogP contribution >= 0.6 is 0 Å². The molecule has 0 aromatic heterocycles. The molecule has 0 radical (unpaired) electrons. The molecule has 2 rings (SSSR count). The van der Waals surface area contributed by atoms with Gasteiger partial charge in [-0.25, -0.2) is 4.79 Å². The molecule has 2 aromatic rings. The Hall–Kier alpha value is -3.02. The van der Waals surface area contributed by atoms with Gasteiger partial charge in [0.2, 0.25) is 0 Å². The van der Waals surface area contributed by atoms with Gasteiger partial charge in [0, 0.05) is 0 Å². The van der Waals surface area contributed by atoms with Gasteiger partial charge in [-0.3, -0.25) is 4.79 Å². The molecule has 1 amide bonds. The van der Waals surface area contributed by atoms with Crippen LogP contribution in [0.1, 0.15) is 26.3 Å². The van der Waals surface area contributed by atoms with Crippen LogP contribution in [-0.4, -0.2) is 27.2 Å². The first-order chi connectivity index (χ1) is 9.88. The Kier molecular flexibility index (Phi) is 3.80. The quantitative estimate of drug-likeness (QED) is 0.648. The van der Waals surface area contributed by atoms with Crippen LogP contribution in [0.2, 0.25) is 0 Å². The maximum absolute atomic E-state index is 12.1. The summed E-state index contributed by atoms with van der Waals surface area (Å²) in [6.45, 7) is 1.77. The zero-order valence-corrected chi connectivity index (χ0v) is 11.1. The number of carbonyl (C=O) groups is 2. The molecule has 0 fully saturated rings. The summed E-state index contributed by atoms with van der Waals surface area (Å²) < 4.78 is 0. The molecule has 2 aromatic carbocycles. The van der Waals surface area contributed by atoms with Gasteiger partial charge in [-0.15, -0.1) is 0 Å². The number of phenols is 2. The first kappa shape index (κ1) is 14.4. The minimum atomic E-state index is -1.18. The number of aryl methyl sites for hydroxylation is 1. The van der Waals surface area contributed by atoms with E-state index in [2.05, 4.69) is 5.32 Å². The van der Waals surface area contributed by atoms with Gasteiger partial charge in [-0.05, 0) is 37.3 Å². The van der Waals surface area contributed by atoms with Gasteiger partial charge >= 0.3 is 5.97 Å². The molecule has 0 aliphatic heterocycles. The maximum atomic E-state index is 12.1. The molecule has 0 atom stereocenters. The highest BCUT2D eigenvalue weighted by molar-refractivity contribution is 6.07. The topological polar surface area (TPSA) is 107 Å². The highest BCUT2D eigenvalue weighted by Crippen LogP contribution is 2.26. The third-order valence-electron chi connectivity index (χ3n) is 2.89. The van der Waals surface area contributed by atoms with Crippen molar-refractivity contribution >= 4 is 17.6 Å². The standard InChI is InChI=1S/C15H13NO5/c1-8-2-5-12(17)10(6-8)14(19)16-11-4-3-9(15(20)21)7-13(11)18/h2-7,17-18H,1H3,(H,16,19)(H,20,21). The highest BCUT2D eigenvalue weighted by Gasteiger charge is 2.14. The number of phenolic OH excluding ortho intramolecular Hbond substituents is 2. The van der Waals surface area contributed by atoms with Gasteiger partial charge in [0.15, 0.2) is 0 Å². The minimum absolute atomic E-state index is 0.0610. The summed E-state index contributed by atoms with van der Waals surface area (Å²) in [6, 6.07) is 8.14. The second-order valence-corrected chi connectivity index (χ2v) is 4.51. The van der Waals surface area contributed by atoms with Crippen LogP contribution in [0.25, 0.3) is 0 Å². The van der Waals surface area contributed by atoms with Gasteiger partial charge in [0.05, 0.1) is 16.8 Å². The summed E-state index contributed by atoms with van der Waals surface area (Å²) in [5.74, 6) is -2.33. The number of aromatic carboxylic acids is 1. The molecule has 0 spiro atoms. The van der Waals surface area contributed by atoms with Gasteiger partial charge in [0.1, 0.15) is 11.5 Å². The number of carboxylic acids is 1. The predicted molar refractivity (Wildman–Crippen MR) is 75.9 cm³/mol. The minimum Gasteiger partial charge on any atom is -0.507 e. The normalized spacial score (nSPS) is 10.1. The molecule has 0 unspecified atom stereocenters. The molecular weight excluding hydrogens is 274 g/mol. The lowest BCUT2D eigenvalue weighted by molar-refractivity contribution is 0.0696. The molecular formula is C15H13NO5. The van der Waals surface area contributed by atoms with E-state index in [0.717, 1.165) is 11.6 Å². The van der Waals surface area contributed by atoms with E-state index in [0.29, 0.717) is 0 Å². The molecule has 6 heteroatoms. The molecule has 0 aliphatic rings. The number of anilines is 1. The van der Waals surface area contributed by atoms with Crippen LogP contribution in [-0.2, 0) is 0 Å². The Morgan fingerprint density at radius 3 is 2.33 bits per heavy atom. The monoisotopic (exact) mass is 287 g/mol. The first-order valence-corrected chi connectivity index (χ1v) is 6.06. The molecule has 21 heavy (non-hydrogen) atoms. The summed E-state index contributed by atoms with van der Waals surface area (Å²) >= 11 is 0. The predicted octanol–water partition coefficient (Wildman–Crippen LogP) is 2.36. The number of aromatic hydroxyl groups is 2. The van der Waals surface area contributed by atoms with E-state index < -0.39 is 11.9 Å². The lowest BCUT2D eigenvalue weighted by atomic mass is 10.1. The molecule has 0 saturated heterocycles. The van der Waals surface area contributed by atoms with E-state index in [1.807, 2.05) is 0 Å². The maximum Gasteiger partial charge on any atom is 0.335 e. The second kappa shape index (κ2) is 5.54. The van der Waals surface area contributed by atoms with Crippen LogP contribution < -0.4 is 5.32 Å². The van der Waals surface area contributed by atoms with Gasteiger partial charge < -0.3 is 20.6 Å². The van der Waals surface area contributed by atoms with Crippen molar-refractivity contribution in [2.24, 2.45) is 0 Å². The van der Waals surface area contributed by atoms with Crippen LogP contribution in [0.3, 0.4) is 0 Å². The van der Waals surface area contributed by atoms with E-state index >= 15 is 0 Å². The van der Waals surface area contributed by atoms with Gasteiger partial charge in [-0.1, -0.05) is 11.6 Å². The average Bonchev–Trinajstić information content (AvgIpc) is 2.43. The summed E-state index contributed by atoms with van der Waals surface area (Å²) in [5.41, 5.74) is 0.829. The summed E-state index contributed by atoms with van der Waals surface area (Å²) in [5, 5.41) is 30.6. The lowest BCUT2D eigenvalue weighted by Gasteiger charge is -2.09. The molecule has 6 nitrogen and oxygen atoms in total. The lowest BCUT2D eigenvalue weighted by Crippen LogP contribution is -2.12. The summed E-state index contributed by atoms with van der Waals surface area (Å²) in [7, 11) is 0. The number of nitrogens with one attached hydrogen (secondary N) is 1. The first-order valence-electron chi connectivity index (χ1n) is 6.06. The van der Waals surface area contributed by atoms with Crippen molar-refractivity contribution in [3.05, 3.63) is 53.1 Å². The summed E-state index contributed by atoms with van der Waals surface area (Å²) in [6.07, 6.45) is 0. The van der Waals surface area contributed by atoms with Gasteiger partial charge in [0.25, 0.3) is 5.91 Å². The smallest absolute Gasteiger partial charge is 0.335 e. The number of hydrogen-bond acceptors (Lipinski definition) is 4. The number of carboxylic acid groups (broad SMARTS) is 1. The Bertz CT molecular complexity index is 724. The van der Waals surface area contributed by atoms with Gasteiger partial charge in [-0.2, -0.15) is 0 Å². The molecule has 108 valence electrons. The van der Waals surface area contributed by atoms with E-state index in [1.165, 1.54) is 24.3 Å². The number of carbonyl (C=O) groups excluding carboxylic acids is 1. The van der Waals surface area contributed by atoms with Crippen molar-refractivity contribution in [3.8, 4) is 11.5 Å². The van der Waals surface area contributed by atoms with Crippen molar-refractivity contribution in [1.29, 1.82) is 0 Å². The molecule has 0 aliphatic carbocycles. The fraction of sp³-hybridized carbons (Fsp3) is 0.0667. The highest BCUT2D eigenvalue weighted by atomic mass is 16.4. The number of hydrogen-bond donors (Lipinski definition) is 4. The van der Waals surface area contributed by atoms with Crippen molar-refractivity contribution in [1.82, 2.24) is 0 Å². The molecule has 4 N–H and O–H groups in total. The van der Waals surface area contributed by atoms with Crippen LogP contribution in [0.4, 0.5) is 5.69 Å². The zero-order chi connectivity index (χ0) is 15.6. The average molecular weight is 287 g/mol. The van der Waals surface area contributed by atoms with Crippen LogP contribution in [0.15, 0.2) is 36.4 Å². The number of rotatable bonds is 3. The Morgan fingerprint density at radius 2 is 1.71 bits per heavy atom. The second-order valence-electron chi connectivity index (χ2n) is 4.51. The molecule has 0 heterocycles. The number of amides is 1. The van der Waals surface area contributed by atoms with Crippen LogP contribution in [0, 0.1) is 6.92 Å². The summed E-state index contributed by atoms with van der Waals surface area (Å²) in [4.78, 5) is 22.8. The Morgan fingerprint density at radius 1 is 1.00 bits per heavy atom. The largest absolute Gasteiger partial charge is 0.507 e.